The molecule has 28 heavy (non-hydrogen) atoms. The molecule has 1 aromatic carbocycles. The molecule has 1 N–H and O–H groups in total. The summed E-state index contributed by atoms with van der Waals surface area (Å²) in [6.07, 6.45) is 3.92. The maximum absolute atomic E-state index is 12.9. The number of likely N-dealkylation sites (N-methyl/N-ethyl adjacent to an activating group) is 1. The van der Waals surface area contributed by atoms with E-state index < -0.39 is 5.60 Å². The van der Waals surface area contributed by atoms with Crippen LogP contribution < -0.4 is 5.32 Å². The fraction of sp³-hybridized carbons (Fsp3) is 0.409. The molecule has 0 aliphatic carbocycles. The summed E-state index contributed by atoms with van der Waals surface area (Å²) in [4.78, 5) is 31.4. The van der Waals surface area contributed by atoms with Crippen LogP contribution in [0, 0.1) is 5.92 Å². The standard InChI is InChI=1S/C22H27N3O3/c1-16(2)20(26)25-11-12-28-22(15-25,21(27)23-3)13-17-7-4-5-9-19(17)18-8-6-10-24-14-18/h4-10,14,16H,11-13,15H2,1-3H3,(H,23,27)/t22-/m1/s1. The van der Waals surface area contributed by atoms with Gasteiger partial charge in [0.2, 0.25) is 5.91 Å². The molecule has 1 saturated heterocycles. The lowest BCUT2D eigenvalue weighted by Crippen LogP contribution is -2.62. The third kappa shape index (κ3) is 4.07. The number of nitrogens with one attached hydrogen (secondary N) is 1. The summed E-state index contributed by atoms with van der Waals surface area (Å²) < 4.78 is 6.05. The Morgan fingerprint density at radius 1 is 1.25 bits per heavy atom. The van der Waals surface area contributed by atoms with E-state index in [1.54, 1.807) is 18.1 Å². The molecule has 6 nitrogen and oxygen atoms in total. The van der Waals surface area contributed by atoms with Gasteiger partial charge >= 0.3 is 0 Å². The van der Waals surface area contributed by atoms with Gasteiger partial charge in [-0.2, -0.15) is 0 Å². The molecule has 2 amide bonds. The number of carbonyl (C=O) groups is 2. The van der Waals surface area contributed by atoms with Gasteiger partial charge in [0.05, 0.1) is 13.2 Å². The van der Waals surface area contributed by atoms with Crippen LogP contribution in [0.2, 0.25) is 0 Å². The fourth-order valence-corrected chi connectivity index (χ4v) is 3.68. The van der Waals surface area contributed by atoms with Gasteiger partial charge in [-0.1, -0.05) is 44.2 Å². The Hall–Kier alpha value is -2.73. The van der Waals surface area contributed by atoms with Crippen LogP contribution in [0.4, 0.5) is 0 Å². The van der Waals surface area contributed by atoms with Crippen molar-refractivity contribution in [1.82, 2.24) is 15.2 Å². The predicted octanol–water partition coefficient (Wildman–Crippen LogP) is 2.29. The first-order chi connectivity index (χ1) is 13.5. The zero-order chi connectivity index (χ0) is 20.1. The summed E-state index contributed by atoms with van der Waals surface area (Å²) in [7, 11) is 1.60. The summed E-state index contributed by atoms with van der Waals surface area (Å²) in [5.74, 6) is -0.296. The van der Waals surface area contributed by atoms with Crippen molar-refractivity contribution < 1.29 is 14.3 Å². The second-order valence-corrected chi connectivity index (χ2v) is 7.41. The number of amides is 2. The average Bonchev–Trinajstić information content (AvgIpc) is 2.73. The van der Waals surface area contributed by atoms with Crippen LogP contribution in [0.5, 0.6) is 0 Å². The molecule has 0 unspecified atom stereocenters. The topological polar surface area (TPSA) is 71.5 Å². The maximum Gasteiger partial charge on any atom is 0.254 e. The molecule has 2 heterocycles. The number of pyridine rings is 1. The summed E-state index contributed by atoms with van der Waals surface area (Å²) in [6, 6.07) is 11.8. The molecule has 1 fully saturated rings. The van der Waals surface area contributed by atoms with Crippen molar-refractivity contribution in [2.45, 2.75) is 25.9 Å². The lowest BCUT2D eigenvalue weighted by Gasteiger charge is -2.42. The number of hydrogen-bond acceptors (Lipinski definition) is 4. The molecule has 0 spiro atoms. The molecule has 1 aliphatic heterocycles. The molecule has 1 atom stereocenters. The summed E-state index contributed by atoms with van der Waals surface area (Å²) in [5.41, 5.74) is 1.86. The van der Waals surface area contributed by atoms with Gasteiger partial charge in [-0.15, -0.1) is 0 Å². The minimum absolute atomic E-state index is 0.0390. The largest absolute Gasteiger partial charge is 0.361 e. The normalized spacial score (nSPS) is 19.5. The minimum atomic E-state index is -1.12. The monoisotopic (exact) mass is 381 g/mol. The average molecular weight is 381 g/mol. The molecule has 3 rings (SSSR count). The van der Waals surface area contributed by atoms with Crippen LogP contribution in [0.15, 0.2) is 48.8 Å². The van der Waals surface area contributed by atoms with Crippen LogP contribution >= 0.6 is 0 Å². The van der Waals surface area contributed by atoms with Crippen LogP contribution in [0.25, 0.3) is 11.1 Å². The molecule has 1 aromatic heterocycles. The van der Waals surface area contributed by atoms with E-state index in [9.17, 15) is 9.59 Å². The van der Waals surface area contributed by atoms with Gasteiger partial charge in [0.1, 0.15) is 0 Å². The fourth-order valence-electron chi connectivity index (χ4n) is 3.68. The van der Waals surface area contributed by atoms with E-state index in [1.807, 2.05) is 56.4 Å². The van der Waals surface area contributed by atoms with Crippen molar-refractivity contribution in [3.63, 3.8) is 0 Å². The second kappa shape index (κ2) is 8.52. The number of carbonyl (C=O) groups excluding carboxylic acids is 2. The summed E-state index contributed by atoms with van der Waals surface area (Å²) >= 11 is 0. The molecule has 0 bridgehead atoms. The van der Waals surface area contributed by atoms with E-state index in [-0.39, 0.29) is 24.3 Å². The smallest absolute Gasteiger partial charge is 0.254 e. The van der Waals surface area contributed by atoms with Crippen molar-refractivity contribution in [2.75, 3.05) is 26.7 Å². The van der Waals surface area contributed by atoms with Gasteiger partial charge < -0.3 is 15.0 Å². The van der Waals surface area contributed by atoms with E-state index >= 15 is 0 Å². The van der Waals surface area contributed by atoms with Crippen molar-refractivity contribution in [1.29, 1.82) is 0 Å². The zero-order valence-corrected chi connectivity index (χ0v) is 16.6. The van der Waals surface area contributed by atoms with Crippen molar-refractivity contribution in [3.8, 4) is 11.1 Å². The van der Waals surface area contributed by atoms with Crippen molar-refractivity contribution in [3.05, 3.63) is 54.4 Å². The molecular weight excluding hydrogens is 354 g/mol. The Labute approximate surface area is 165 Å². The van der Waals surface area contributed by atoms with Gasteiger partial charge in [0, 0.05) is 43.9 Å². The van der Waals surface area contributed by atoms with Crippen LogP contribution in [0.1, 0.15) is 19.4 Å². The molecule has 0 radical (unpaired) electrons. The number of aromatic nitrogens is 1. The number of rotatable bonds is 5. The van der Waals surface area contributed by atoms with Gasteiger partial charge in [0.25, 0.3) is 5.91 Å². The van der Waals surface area contributed by atoms with Gasteiger partial charge in [-0.25, -0.2) is 0 Å². The van der Waals surface area contributed by atoms with Crippen molar-refractivity contribution in [2.24, 2.45) is 5.92 Å². The zero-order valence-electron chi connectivity index (χ0n) is 16.6. The van der Waals surface area contributed by atoms with Crippen LogP contribution in [-0.2, 0) is 20.7 Å². The van der Waals surface area contributed by atoms with Gasteiger partial charge in [0.15, 0.2) is 5.60 Å². The quantitative estimate of drug-likeness (QED) is 0.863. The second-order valence-electron chi connectivity index (χ2n) is 7.41. The predicted molar refractivity (Wildman–Crippen MR) is 108 cm³/mol. The van der Waals surface area contributed by atoms with E-state index in [0.29, 0.717) is 19.6 Å². The first kappa shape index (κ1) is 20.0. The highest BCUT2D eigenvalue weighted by molar-refractivity contribution is 5.88. The van der Waals surface area contributed by atoms with Gasteiger partial charge in [-0.3, -0.25) is 14.6 Å². The third-order valence-electron chi connectivity index (χ3n) is 5.10. The molecule has 148 valence electrons. The number of morpholine rings is 1. The molecule has 1 aliphatic rings. The summed E-state index contributed by atoms with van der Waals surface area (Å²) in [6.45, 7) is 4.82. The Kier molecular flexibility index (Phi) is 6.09. The first-order valence-electron chi connectivity index (χ1n) is 9.60. The van der Waals surface area contributed by atoms with Crippen molar-refractivity contribution >= 4 is 11.8 Å². The molecule has 6 heteroatoms. The third-order valence-corrected chi connectivity index (χ3v) is 5.10. The lowest BCUT2D eigenvalue weighted by molar-refractivity contribution is -0.167. The maximum atomic E-state index is 12.9. The molecule has 2 aromatic rings. The molecular formula is C22H27N3O3. The number of ether oxygens (including phenoxy) is 1. The number of benzene rings is 1. The van der Waals surface area contributed by atoms with E-state index in [1.165, 1.54) is 0 Å². The Balaban J connectivity index is 1.97. The van der Waals surface area contributed by atoms with Crippen LogP contribution in [0.3, 0.4) is 0 Å². The van der Waals surface area contributed by atoms with E-state index in [2.05, 4.69) is 10.3 Å². The summed E-state index contributed by atoms with van der Waals surface area (Å²) in [5, 5.41) is 2.73. The highest BCUT2D eigenvalue weighted by Gasteiger charge is 2.45. The number of nitrogens with zero attached hydrogens (tertiary/aromatic N) is 2. The Bertz CT molecular complexity index is 838. The Morgan fingerprint density at radius 3 is 2.71 bits per heavy atom. The number of hydrogen-bond donors (Lipinski definition) is 1. The lowest BCUT2D eigenvalue weighted by atomic mass is 9.87. The van der Waals surface area contributed by atoms with Gasteiger partial charge in [-0.05, 0) is 17.2 Å². The van der Waals surface area contributed by atoms with E-state index in [4.69, 9.17) is 4.74 Å². The minimum Gasteiger partial charge on any atom is -0.361 e. The van der Waals surface area contributed by atoms with E-state index in [0.717, 1.165) is 16.7 Å². The molecule has 0 saturated carbocycles. The first-order valence-corrected chi connectivity index (χ1v) is 9.60. The van der Waals surface area contributed by atoms with Crippen LogP contribution in [-0.4, -0.2) is 54.0 Å². The highest BCUT2D eigenvalue weighted by Crippen LogP contribution is 2.30. The SMILES string of the molecule is CNC(=O)[C@@]1(Cc2ccccc2-c2cccnc2)CN(C(=O)C(C)C)CCO1. The highest BCUT2D eigenvalue weighted by atomic mass is 16.5. The Morgan fingerprint density at radius 2 is 2.04 bits per heavy atom.